The normalized spacial score (nSPS) is 47.5. The van der Waals surface area contributed by atoms with E-state index in [0.717, 1.165) is 12.6 Å². The molecule has 2 heterocycles. The zero-order chi connectivity index (χ0) is 8.02. The highest BCUT2D eigenvalue weighted by atomic mass is 16.5. The van der Waals surface area contributed by atoms with Crippen LogP contribution < -0.4 is 0 Å². The van der Waals surface area contributed by atoms with E-state index in [1.165, 1.54) is 49.7 Å². The van der Waals surface area contributed by atoms with Crippen LogP contribution in [0.15, 0.2) is 0 Å². The Morgan fingerprint density at radius 2 is 1.92 bits per heavy atom. The molecule has 0 aromatic rings. The maximum Gasteiger partial charge on any atom is 0.244 e. The van der Waals surface area contributed by atoms with Crippen molar-refractivity contribution >= 4 is 0 Å². The van der Waals surface area contributed by atoms with Crippen LogP contribution in [0.4, 0.5) is 0 Å². The summed E-state index contributed by atoms with van der Waals surface area (Å²) < 4.78 is 7.02. The Morgan fingerprint density at radius 3 is 2.50 bits per heavy atom. The Kier molecular flexibility index (Phi) is 1.50. The van der Waals surface area contributed by atoms with E-state index in [1.54, 1.807) is 0 Å². The number of hydrogen-bond donors (Lipinski definition) is 0. The molecule has 2 aliphatic heterocycles. The van der Waals surface area contributed by atoms with Crippen LogP contribution in [0.1, 0.15) is 32.1 Å². The van der Waals surface area contributed by atoms with Gasteiger partial charge in [-0.1, -0.05) is 6.42 Å². The molecule has 1 aliphatic carbocycles. The van der Waals surface area contributed by atoms with E-state index in [9.17, 15) is 0 Å². The summed E-state index contributed by atoms with van der Waals surface area (Å²) >= 11 is 0. The first-order chi connectivity index (χ1) is 5.92. The zero-order valence-electron chi connectivity index (χ0n) is 7.67. The summed E-state index contributed by atoms with van der Waals surface area (Å²) in [6, 6.07) is 0.978. The van der Waals surface area contributed by atoms with Crippen molar-refractivity contribution < 1.29 is 9.22 Å². The van der Waals surface area contributed by atoms with Crippen molar-refractivity contribution in [2.45, 2.75) is 44.4 Å². The van der Waals surface area contributed by atoms with Crippen LogP contribution in [0.5, 0.6) is 0 Å². The lowest BCUT2D eigenvalue weighted by Crippen LogP contribution is -2.39. The number of nitrogens with zero attached hydrogens (tertiary/aromatic N) is 1. The van der Waals surface area contributed by atoms with Crippen molar-refractivity contribution in [3.05, 3.63) is 0 Å². The van der Waals surface area contributed by atoms with Gasteiger partial charge in [0.1, 0.15) is 13.2 Å². The fraction of sp³-hybridized carbons (Fsp3) is 1.00. The zero-order valence-corrected chi connectivity index (χ0v) is 7.67. The predicted molar refractivity (Wildman–Crippen MR) is 46.6 cm³/mol. The summed E-state index contributed by atoms with van der Waals surface area (Å²) in [5.74, 6) is 0. The molecule has 2 saturated heterocycles. The minimum absolute atomic E-state index is 0.632. The molecule has 68 valence electrons. The van der Waals surface area contributed by atoms with Crippen molar-refractivity contribution in [3.8, 4) is 0 Å². The first-order valence-corrected chi connectivity index (χ1v) is 5.40. The Morgan fingerprint density at radius 1 is 1.08 bits per heavy atom. The molecule has 0 radical (unpaired) electrons. The lowest BCUT2D eigenvalue weighted by atomic mass is 9.94. The predicted octanol–water partition coefficient (Wildman–Crippen LogP) is 1.51. The summed E-state index contributed by atoms with van der Waals surface area (Å²) in [4.78, 5) is 0. The minimum Gasteiger partial charge on any atom is -0.319 e. The van der Waals surface area contributed by atoms with Gasteiger partial charge in [0, 0.05) is 0 Å². The highest BCUT2D eigenvalue weighted by Gasteiger charge is 2.63. The fourth-order valence-corrected chi connectivity index (χ4v) is 3.20. The van der Waals surface area contributed by atoms with Crippen molar-refractivity contribution in [2.75, 3.05) is 19.7 Å². The van der Waals surface area contributed by atoms with Gasteiger partial charge in [-0.05, 0) is 25.7 Å². The largest absolute Gasteiger partial charge is 0.319 e. The van der Waals surface area contributed by atoms with E-state index < -0.39 is 0 Å². The van der Waals surface area contributed by atoms with Crippen LogP contribution in [0.3, 0.4) is 0 Å². The third-order valence-electron chi connectivity index (χ3n) is 4.06. The topological polar surface area (TPSA) is 9.23 Å². The van der Waals surface area contributed by atoms with Crippen LogP contribution >= 0.6 is 0 Å². The van der Waals surface area contributed by atoms with Gasteiger partial charge in [0.05, 0.1) is 6.04 Å². The van der Waals surface area contributed by atoms with Gasteiger partial charge in [0.15, 0.2) is 6.54 Å². The molecule has 1 saturated carbocycles. The third kappa shape index (κ3) is 0.882. The average Bonchev–Trinajstić information content (AvgIpc) is 2.72. The highest BCUT2D eigenvalue weighted by molar-refractivity contribution is 4.79. The van der Waals surface area contributed by atoms with Crippen molar-refractivity contribution in [2.24, 2.45) is 0 Å². The second kappa shape index (κ2) is 2.46. The van der Waals surface area contributed by atoms with Gasteiger partial charge in [-0.25, -0.2) is 0 Å². The first kappa shape index (κ1) is 7.34. The molecule has 2 atom stereocenters. The van der Waals surface area contributed by atoms with Crippen LogP contribution in [-0.2, 0) is 4.74 Å². The lowest BCUT2D eigenvalue weighted by Gasteiger charge is -2.29. The van der Waals surface area contributed by atoms with Crippen LogP contribution in [-0.4, -0.2) is 36.4 Å². The van der Waals surface area contributed by atoms with Crippen LogP contribution in [0, 0.1) is 0 Å². The SMILES string of the molecule is C1CCC([N+]23CCOC2C3)CC1. The summed E-state index contributed by atoms with van der Waals surface area (Å²) in [5, 5.41) is 0. The number of fused-ring (bicyclic) bond motifs is 1. The van der Waals surface area contributed by atoms with E-state index in [-0.39, 0.29) is 0 Å². The number of hydrogen-bond acceptors (Lipinski definition) is 1. The fourth-order valence-electron chi connectivity index (χ4n) is 3.20. The third-order valence-corrected chi connectivity index (χ3v) is 4.06. The molecule has 3 fully saturated rings. The molecule has 2 heteroatoms. The van der Waals surface area contributed by atoms with Gasteiger partial charge in [-0.2, -0.15) is 0 Å². The number of quaternary nitrogens is 1. The van der Waals surface area contributed by atoms with Gasteiger partial charge < -0.3 is 4.74 Å². The molecule has 0 spiro atoms. The van der Waals surface area contributed by atoms with E-state index in [0.29, 0.717) is 6.23 Å². The van der Waals surface area contributed by atoms with E-state index in [2.05, 4.69) is 0 Å². The average molecular weight is 168 g/mol. The van der Waals surface area contributed by atoms with Gasteiger partial charge in [-0.3, -0.25) is 4.48 Å². The standard InChI is InChI=1S/C10H18NO/c1-2-4-9(5-3-1)11-6-7-12-10(11)8-11/h9-10H,1-8H2/q+1. The molecule has 0 aromatic carbocycles. The van der Waals surface area contributed by atoms with Gasteiger partial charge in [0.25, 0.3) is 0 Å². The molecule has 2 unspecified atom stereocenters. The number of morpholine rings is 1. The maximum atomic E-state index is 5.66. The monoisotopic (exact) mass is 168 g/mol. The van der Waals surface area contributed by atoms with Crippen LogP contribution in [0.25, 0.3) is 0 Å². The molecule has 12 heavy (non-hydrogen) atoms. The van der Waals surface area contributed by atoms with Gasteiger partial charge in [0.2, 0.25) is 6.23 Å². The van der Waals surface area contributed by atoms with Gasteiger partial charge >= 0.3 is 0 Å². The first-order valence-electron chi connectivity index (χ1n) is 5.40. The van der Waals surface area contributed by atoms with E-state index in [1.807, 2.05) is 0 Å². The molecular formula is C10H18NO+. The molecule has 0 aromatic heterocycles. The summed E-state index contributed by atoms with van der Waals surface area (Å²) in [7, 11) is 0. The summed E-state index contributed by atoms with van der Waals surface area (Å²) in [6.07, 6.45) is 7.99. The Labute approximate surface area is 74.1 Å². The molecule has 3 rings (SSSR count). The van der Waals surface area contributed by atoms with Crippen molar-refractivity contribution in [3.63, 3.8) is 0 Å². The Balaban J connectivity index is 1.71. The number of rotatable bonds is 1. The van der Waals surface area contributed by atoms with Crippen molar-refractivity contribution in [1.29, 1.82) is 0 Å². The molecule has 0 N–H and O–H groups in total. The molecular weight excluding hydrogens is 150 g/mol. The highest BCUT2D eigenvalue weighted by Crippen LogP contribution is 2.44. The molecule has 0 bridgehead atoms. The van der Waals surface area contributed by atoms with Gasteiger partial charge in [-0.15, -0.1) is 0 Å². The van der Waals surface area contributed by atoms with Crippen molar-refractivity contribution in [1.82, 2.24) is 0 Å². The van der Waals surface area contributed by atoms with E-state index >= 15 is 0 Å². The molecule has 3 aliphatic rings. The quantitative estimate of drug-likeness (QED) is 0.426. The maximum absolute atomic E-state index is 5.66. The minimum atomic E-state index is 0.632. The summed E-state index contributed by atoms with van der Waals surface area (Å²) in [6.45, 7) is 3.68. The number of ether oxygens (including phenoxy) is 1. The lowest BCUT2D eigenvalue weighted by molar-refractivity contribution is -0.837. The molecule has 0 amide bonds. The Hall–Kier alpha value is -0.0800. The van der Waals surface area contributed by atoms with Crippen LogP contribution in [0.2, 0.25) is 0 Å². The Bertz CT molecular complexity index is 188. The van der Waals surface area contributed by atoms with E-state index in [4.69, 9.17) is 4.74 Å². The summed E-state index contributed by atoms with van der Waals surface area (Å²) in [5.41, 5.74) is 0. The molecule has 2 nitrogen and oxygen atoms in total. The smallest absolute Gasteiger partial charge is 0.244 e. The second-order valence-corrected chi connectivity index (χ2v) is 4.63. The second-order valence-electron chi connectivity index (χ2n) is 4.63.